The number of aromatic nitrogens is 1. The number of nitriles is 1. The van der Waals surface area contributed by atoms with E-state index in [4.69, 9.17) is 11.0 Å². The first-order valence-corrected chi connectivity index (χ1v) is 6.87. The lowest BCUT2D eigenvalue weighted by atomic mass is 10.0. The van der Waals surface area contributed by atoms with Crippen LogP contribution in [-0.2, 0) is 6.54 Å². The third-order valence-corrected chi connectivity index (χ3v) is 3.75. The maximum atomic E-state index is 8.98. The van der Waals surface area contributed by atoms with Gasteiger partial charge in [-0.05, 0) is 28.6 Å². The molecular weight excluding hydrogens is 256 g/mol. The summed E-state index contributed by atoms with van der Waals surface area (Å²) in [6, 6.07) is 10.5. The van der Waals surface area contributed by atoms with Crippen LogP contribution in [0.4, 0.5) is 10.8 Å². The Morgan fingerprint density at radius 1 is 1.37 bits per heavy atom. The lowest BCUT2D eigenvalue weighted by Gasteiger charge is -2.07. The number of nitrogens with two attached hydrogens (primary N) is 1. The fourth-order valence-electron chi connectivity index (χ4n) is 1.73. The van der Waals surface area contributed by atoms with E-state index in [9.17, 15) is 0 Å². The number of rotatable bonds is 4. The molecule has 0 bridgehead atoms. The van der Waals surface area contributed by atoms with Crippen molar-refractivity contribution in [2.24, 2.45) is 0 Å². The second kappa shape index (κ2) is 5.72. The molecule has 1 aromatic carbocycles. The Bertz CT molecular complexity index is 593. The predicted molar refractivity (Wildman–Crippen MR) is 79.1 cm³/mol. The largest absolute Gasteiger partial charge is 0.382 e. The van der Waals surface area contributed by atoms with Crippen LogP contribution in [0.15, 0.2) is 24.3 Å². The van der Waals surface area contributed by atoms with E-state index >= 15 is 0 Å². The van der Waals surface area contributed by atoms with Crippen molar-refractivity contribution >= 4 is 22.4 Å². The summed E-state index contributed by atoms with van der Waals surface area (Å²) in [6.45, 7) is 5.01. The van der Waals surface area contributed by atoms with Crippen LogP contribution in [0.3, 0.4) is 0 Å². The van der Waals surface area contributed by atoms with Gasteiger partial charge in [0.1, 0.15) is 16.6 Å². The summed E-state index contributed by atoms with van der Waals surface area (Å²) >= 11 is 1.22. The highest BCUT2D eigenvalue weighted by Crippen LogP contribution is 2.26. The molecule has 0 atom stereocenters. The average molecular weight is 272 g/mol. The Hall–Kier alpha value is -2.06. The highest BCUT2D eigenvalue weighted by molar-refractivity contribution is 7.10. The van der Waals surface area contributed by atoms with Crippen LogP contribution in [0.25, 0.3) is 0 Å². The van der Waals surface area contributed by atoms with Gasteiger partial charge in [-0.1, -0.05) is 38.1 Å². The highest BCUT2D eigenvalue weighted by Gasteiger charge is 2.10. The van der Waals surface area contributed by atoms with Gasteiger partial charge in [0, 0.05) is 6.54 Å². The Labute approximate surface area is 117 Å². The molecule has 2 aromatic rings. The zero-order valence-electron chi connectivity index (χ0n) is 11.0. The van der Waals surface area contributed by atoms with Gasteiger partial charge in [-0.15, -0.1) is 0 Å². The second-order valence-corrected chi connectivity index (χ2v) is 5.41. The SMILES string of the molecule is CC(C)c1ccc(CNc2snc(N)c2C#N)cc1. The minimum atomic E-state index is 0.296. The van der Waals surface area contributed by atoms with E-state index in [-0.39, 0.29) is 0 Å². The fraction of sp³-hybridized carbons (Fsp3) is 0.286. The number of anilines is 2. The molecule has 1 aromatic heterocycles. The van der Waals surface area contributed by atoms with E-state index in [0.717, 1.165) is 5.00 Å². The molecule has 0 amide bonds. The van der Waals surface area contributed by atoms with E-state index in [0.29, 0.717) is 23.8 Å². The van der Waals surface area contributed by atoms with Crippen molar-refractivity contribution in [3.63, 3.8) is 0 Å². The first-order valence-electron chi connectivity index (χ1n) is 6.09. The zero-order valence-corrected chi connectivity index (χ0v) is 11.8. The minimum Gasteiger partial charge on any atom is -0.382 e. The van der Waals surface area contributed by atoms with Gasteiger partial charge in [0.15, 0.2) is 5.82 Å². The summed E-state index contributed by atoms with van der Waals surface area (Å²) in [5.41, 5.74) is 8.53. The summed E-state index contributed by atoms with van der Waals surface area (Å²) < 4.78 is 3.97. The third-order valence-electron chi connectivity index (χ3n) is 2.93. The molecule has 0 unspecified atom stereocenters. The summed E-state index contributed by atoms with van der Waals surface area (Å²) in [5, 5.41) is 12.9. The van der Waals surface area contributed by atoms with Crippen molar-refractivity contribution < 1.29 is 0 Å². The fourth-order valence-corrected chi connectivity index (χ4v) is 2.39. The molecule has 0 radical (unpaired) electrons. The third kappa shape index (κ3) is 3.04. The Morgan fingerprint density at radius 2 is 2.05 bits per heavy atom. The van der Waals surface area contributed by atoms with Crippen LogP contribution < -0.4 is 11.1 Å². The molecule has 19 heavy (non-hydrogen) atoms. The van der Waals surface area contributed by atoms with Crippen LogP contribution in [0, 0.1) is 11.3 Å². The number of nitrogen functional groups attached to an aromatic ring is 1. The number of nitrogens with one attached hydrogen (secondary N) is 1. The summed E-state index contributed by atoms with van der Waals surface area (Å²) in [5.74, 6) is 0.832. The molecule has 2 rings (SSSR count). The van der Waals surface area contributed by atoms with Crippen molar-refractivity contribution in [3.05, 3.63) is 41.0 Å². The van der Waals surface area contributed by atoms with E-state index < -0.39 is 0 Å². The van der Waals surface area contributed by atoms with E-state index in [1.807, 2.05) is 0 Å². The van der Waals surface area contributed by atoms with Crippen molar-refractivity contribution in [3.8, 4) is 6.07 Å². The second-order valence-electron chi connectivity index (χ2n) is 4.63. The Morgan fingerprint density at radius 3 is 2.63 bits per heavy atom. The Balaban J connectivity index is 2.04. The standard InChI is InChI=1S/C14H16N4S/c1-9(2)11-5-3-10(4-6-11)8-17-14-12(7-15)13(16)18-19-14/h3-6,9,17H,8H2,1-2H3,(H2,16,18). The number of hydrogen-bond donors (Lipinski definition) is 2. The van der Waals surface area contributed by atoms with Gasteiger partial charge in [0.05, 0.1) is 0 Å². The first kappa shape index (κ1) is 13.4. The lowest BCUT2D eigenvalue weighted by molar-refractivity contribution is 0.865. The normalized spacial score (nSPS) is 10.4. The summed E-state index contributed by atoms with van der Waals surface area (Å²) in [4.78, 5) is 0. The first-order chi connectivity index (χ1) is 9.11. The topological polar surface area (TPSA) is 74.7 Å². The maximum Gasteiger partial charge on any atom is 0.157 e. The molecule has 5 heteroatoms. The van der Waals surface area contributed by atoms with Crippen LogP contribution in [0.2, 0.25) is 0 Å². The molecule has 98 valence electrons. The molecule has 1 heterocycles. The van der Waals surface area contributed by atoms with Gasteiger partial charge >= 0.3 is 0 Å². The molecule has 4 nitrogen and oxygen atoms in total. The van der Waals surface area contributed by atoms with Crippen LogP contribution in [-0.4, -0.2) is 4.37 Å². The molecule has 0 saturated carbocycles. The number of nitrogens with zero attached hydrogens (tertiary/aromatic N) is 2. The molecule has 3 N–H and O–H groups in total. The minimum absolute atomic E-state index is 0.296. The Kier molecular flexibility index (Phi) is 4.03. The van der Waals surface area contributed by atoms with Gasteiger partial charge in [-0.3, -0.25) is 0 Å². The van der Waals surface area contributed by atoms with E-state index in [1.165, 1.54) is 22.7 Å². The molecule has 0 spiro atoms. The quantitative estimate of drug-likeness (QED) is 0.895. The van der Waals surface area contributed by atoms with Crippen LogP contribution >= 0.6 is 11.5 Å². The van der Waals surface area contributed by atoms with Gasteiger partial charge in [0.2, 0.25) is 0 Å². The predicted octanol–water partition coefficient (Wildman–Crippen LogP) is 3.33. The smallest absolute Gasteiger partial charge is 0.157 e. The monoisotopic (exact) mass is 272 g/mol. The van der Waals surface area contributed by atoms with Crippen molar-refractivity contribution in [1.82, 2.24) is 4.37 Å². The van der Waals surface area contributed by atoms with Gasteiger partial charge in [0.25, 0.3) is 0 Å². The van der Waals surface area contributed by atoms with Gasteiger partial charge < -0.3 is 11.1 Å². The van der Waals surface area contributed by atoms with Crippen molar-refractivity contribution in [1.29, 1.82) is 5.26 Å². The van der Waals surface area contributed by atoms with Crippen LogP contribution in [0.5, 0.6) is 0 Å². The molecule has 0 aliphatic rings. The number of hydrogen-bond acceptors (Lipinski definition) is 5. The lowest BCUT2D eigenvalue weighted by Crippen LogP contribution is -2.00. The molecule has 0 aliphatic heterocycles. The van der Waals surface area contributed by atoms with Crippen LogP contribution in [0.1, 0.15) is 36.5 Å². The maximum absolute atomic E-state index is 8.98. The molecule has 0 aliphatic carbocycles. The van der Waals surface area contributed by atoms with Crippen molar-refractivity contribution in [2.45, 2.75) is 26.3 Å². The zero-order chi connectivity index (χ0) is 13.8. The van der Waals surface area contributed by atoms with Crippen molar-refractivity contribution in [2.75, 3.05) is 11.1 Å². The molecule has 0 fully saturated rings. The average Bonchev–Trinajstić information content (AvgIpc) is 2.77. The summed E-state index contributed by atoms with van der Waals surface area (Å²) in [7, 11) is 0. The highest BCUT2D eigenvalue weighted by atomic mass is 32.1. The summed E-state index contributed by atoms with van der Waals surface area (Å²) in [6.07, 6.45) is 0. The van der Waals surface area contributed by atoms with E-state index in [1.54, 1.807) is 0 Å². The number of benzene rings is 1. The molecule has 0 saturated heterocycles. The van der Waals surface area contributed by atoms with Gasteiger partial charge in [-0.2, -0.15) is 9.64 Å². The molecular formula is C14H16N4S. The van der Waals surface area contributed by atoms with E-state index in [2.05, 4.69) is 53.9 Å². The van der Waals surface area contributed by atoms with Gasteiger partial charge in [-0.25, -0.2) is 0 Å².